The molecule has 27 heavy (non-hydrogen) atoms. The van der Waals surface area contributed by atoms with Gasteiger partial charge in [-0.3, -0.25) is 10.3 Å². The Morgan fingerprint density at radius 1 is 1.22 bits per heavy atom. The molecule has 0 aliphatic carbocycles. The minimum atomic E-state index is -0.506. The number of rotatable bonds is 4. The van der Waals surface area contributed by atoms with Gasteiger partial charge in [0.15, 0.2) is 0 Å². The van der Waals surface area contributed by atoms with Gasteiger partial charge in [0.1, 0.15) is 6.07 Å². The number of anilines is 2. The number of nitrogens with zero attached hydrogens (tertiary/aromatic N) is 2. The molecule has 0 saturated heterocycles. The fourth-order valence-electron chi connectivity index (χ4n) is 3.00. The lowest BCUT2D eigenvalue weighted by atomic mass is 10.0. The number of amides is 1. The van der Waals surface area contributed by atoms with Crippen LogP contribution in [0.25, 0.3) is 10.9 Å². The summed E-state index contributed by atoms with van der Waals surface area (Å²) in [5.41, 5.74) is 6.06. The number of nitriles is 1. The van der Waals surface area contributed by atoms with Crippen molar-refractivity contribution in [2.45, 2.75) is 20.4 Å². The number of methoxy groups -OCH3 is 1. The molecule has 0 spiro atoms. The maximum Gasteiger partial charge on any atom is 0.411 e. The van der Waals surface area contributed by atoms with Crippen LogP contribution in [0.2, 0.25) is 0 Å². The van der Waals surface area contributed by atoms with Crippen molar-refractivity contribution in [1.29, 1.82) is 5.26 Å². The van der Waals surface area contributed by atoms with E-state index in [1.807, 2.05) is 32.0 Å². The highest BCUT2D eigenvalue weighted by atomic mass is 16.5. The Morgan fingerprint density at radius 3 is 2.63 bits per heavy atom. The van der Waals surface area contributed by atoms with Gasteiger partial charge in [0.2, 0.25) is 0 Å². The Labute approximate surface area is 157 Å². The molecule has 0 fully saturated rings. The van der Waals surface area contributed by atoms with Crippen molar-refractivity contribution in [2.24, 2.45) is 0 Å². The standard InChI is InChI=1S/C21H20N4O2/c1-13-8-14(2)19-18(9-13)20(16(10-22)12-24-19)23-11-15-4-6-17(7-5-15)25-21(26)27-3/h4-9,12H,11H2,1-3H3,(H,23,24)(H,25,26). The molecule has 1 amide bonds. The number of pyridine rings is 1. The number of aryl methyl sites for hydroxylation is 2. The summed E-state index contributed by atoms with van der Waals surface area (Å²) in [5.74, 6) is 0. The number of ether oxygens (including phenoxy) is 1. The average molecular weight is 360 g/mol. The fraction of sp³-hybridized carbons (Fsp3) is 0.190. The molecule has 0 atom stereocenters. The van der Waals surface area contributed by atoms with Gasteiger partial charge in [0, 0.05) is 23.8 Å². The van der Waals surface area contributed by atoms with Crippen LogP contribution >= 0.6 is 0 Å². The second-order valence-corrected chi connectivity index (χ2v) is 6.30. The molecule has 0 aliphatic heterocycles. The molecule has 6 nitrogen and oxygen atoms in total. The predicted octanol–water partition coefficient (Wildman–Crippen LogP) is 4.51. The Balaban J connectivity index is 1.86. The van der Waals surface area contributed by atoms with Crippen molar-refractivity contribution in [3.05, 3.63) is 64.8 Å². The van der Waals surface area contributed by atoms with Gasteiger partial charge in [-0.15, -0.1) is 0 Å². The molecule has 2 N–H and O–H groups in total. The van der Waals surface area contributed by atoms with Crippen LogP contribution in [-0.2, 0) is 11.3 Å². The van der Waals surface area contributed by atoms with E-state index in [1.165, 1.54) is 7.11 Å². The predicted molar refractivity (Wildman–Crippen MR) is 106 cm³/mol. The van der Waals surface area contributed by atoms with Crippen molar-refractivity contribution in [1.82, 2.24) is 4.98 Å². The zero-order valence-corrected chi connectivity index (χ0v) is 15.5. The number of carbonyl (C=O) groups is 1. The lowest BCUT2D eigenvalue weighted by Gasteiger charge is -2.13. The zero-order chi connectivity index (χ0) is 19.4. The van der Waals surface area contributed by atoms with E-state index in [2.05, 4.69) is 32.5 Å². The number of fused-ring (bicyclic) bond motifs is 1. The average Bonchev–Trinajstić information content (AvgIpc) is 2.67. The molecule has 2 aromatic carbocycles. The van der Waals surface area contributed by atoms with E-state index in [9.17, 15) is 10.1 Å². The molecular weight excluding hydrogens is 340 g/mol. The third-order valence-electron chi connectivity index (χ3n) is 4.28. The quantitative estimate of drug-likeness (QED) is 0.714. The van der Waals surface area contributed by atoms with E-state index in [-0.39, 0.29) is 0 Å². The van der Waals surface area contributed by atoms with E-state index in [4.69, 9.17) is 0 Å². The highest BCUT2D eigenvalue weighted by Crippen LogP contribution is 2.29. The summed E-state index contributed by atoms with van der Waals surface area (Å²) in [5, 5.41) is 16.4. The van der Waals surface area contributed by atoms with Crippen LogP contribution in [0.4, 0.5) is 16.2 Å². The molecule has 6 heteroatoms. The normalized spacial score (nSPS) is 10.3. The molecule has 1 heterocycles. The molecule has 0 radical (unpaired) electrons. The Kier molecular flexibility index (Phi) is 5.23. The van der Waals surface area contributed by atoms with E-state index in [0.29, 0.717) is 17.8 Å². The first-order chi connectivity index (χ1) is 13.0. The Hall–Kier alpha value is -3.59. The van der Waals surface area contributed by atoms with Gasteiger partial charge < -0.3 is 10.1 Å². The number of hydrogen-bond acceptors (Lipinski definition) is 5. The van der Waals surface area contributed by atoms with Crippen LogP contribution in [0.5, 0.6) is 0 Å². The van der Waals surface area contributed by atoms with Crippen LogP contribution in [0.15, 0.2) is 42.6 Å². The summed E-state index contributed by atoms with van der Waals surface area (Å²) >= 11 is 0. The highest BCUT2D eigenvalue weighted by molar-refractivity contribution is 5.96. The lowest BCUT2D eigenvalue weighted by Crippen LogP contribution is -2.10. The number of aromatic nitrogens is 1. The molecule has 1 aromatic heterocycles. The molecular formula is C21H20N4O2. The number of benzene rings is 2. The van der Waals surface area contributed by atoms with Gasteiger partial charge in [-0.25, -0.2) is 4.79 Å². The smallest absolute Gasteiger partial charge is 0.411 e. The maximum absolute atomic E-state index is 11.2. The van der Waals surface area contributed by atoms with Crippen LogP contribution < -0.4 is 10.6 Å². The maximum atomic E-state index is 11.2. The van der Waals surface area contributed by atoms with E-state index in [1.54, 1.807) is 18.3 Å². The minimum Gasteiger partial charge on any atom is -0.453 e. The topological polar surface area (TPSA) is 87.0 Å². The summed E-state index contributed by atoms with van der Waals surface area (Å²) in [6, 6.07) is 13.8. The largest absolute Gasteiger partial charge is 0.453 e. The SMILES string of the molecule is COC(=O)Nc1ccc(CNc2c(C#N)cnc3c(C)cc(C)cc23)cc1. The third kappa shape index (κ3) is 3.98. The zero-order valence-electron chi connectivity index (χ0n) is 15.5. The minimum absolute atomic E-state index is 0.506. The Bertz CT molecular complexity index is 1040. The van der Waals surface area contributed by atoms with Crippen molar-refractivity contribution in [2.75, 3.05) is 17.7 Å². The molecule has 3 rings (SSSR count). The van der Waals surface area contributed by atoms with Crippen molar-refractivity contribution >= 4 is 28.4 Å². The molecule has 0 saturated carbocycles. The van der Waals surface area contributed by atoms with Crippen molar-refractivity contribution in [3.8, 4) is 6.07 Å². The van der Waals surface area contributed by atoms with Crippen LogP contribution in [-0.4, -0.2) is 18.2 Å². The van der Waals surface area contributed by atoms with E-state index >= 15 is 0 Å². The Morgan fingerprint density at radius 2 is 1.96 bits per heavy atom. The van der Waals surface area contributed by atoms with Crippen LogP contribution in [0.1, 0.15) is 22.3 Å². The van der Waals surface area contributed by atoms with E-state index in [0.717, 1.165) is 33.3 Å². The second-order valence-electron chi connectivity index (χ2n) is 6.30. The molecule has 0 aliphatic rings. The number of nitrogens with one attached hydrogen (secondary N) is 2. The van der Waals surface area contributed by atoms with Crippen LogP contribution in [0.3, 0.4) is 0 Å². The van der Waals surface area contributed by atoms with Gasteiger partial charge in [0.05, 0.1) is 23.9 Å². The first kappa shape index (κ1) is 18.2. The van der Waals surface area contributed by atoms with Crippen molar-refractivity contribution in [3.63, 3.8) is 0 Å². The second kappa shape index (κ2) is 7.75. The van der Waals surface area contributed by atoms with Gasteiger partial charge in [0.25, 0.3) is 0 Å². The van der Waals surface area contributed by atoms with Gasteiger partial charge in [-0.05, 0) is 43.2 Å². The lowest BCUT2D eigenvalue weighted by molar-refractivity contribution is 0.187. The number of carbonyl (C=O) groups excluding carboxylic acids is 1. The van der Waals surface area contributed by atoms with Gasteiger partial charge in [-0.2, -0.15) is 5.26 Å². The third-order valence-corrected chi connectivity index (χ3v) is 4.28. The summed E-state index contributed by atoms with van der Waals surface area (Å²) in [6.45, 7) is 4.59. The highest BCUT2D eigenvalue weighted by Gasteiger charge is 2.11. The molecule has 0 unspecified atom stereocenters. The molecule has 136 valence electrons. The van der Waals surface area contributed by atoms with Gasteiger partial charge in [-0.1, -0.05) is 23.8 Å². The molecule has 0 bridgehead atoms. The van der Waals surface area contributed by atoms with Crippen molar-refractivity contribution < 1.29 is 9.53 Å². The molecule has 3 aromatic rings. The summed E-state index contributed by atoms with van der Waals surface area (Å²) < 4.78 is 4.58. The van der Waals surface area contributed by atoms with Gasteiger partial charge >= 0.3 is 6.09 Å². The van der Waals surface area contributed by atoms with E-state index < -0.39 is 6.09 Å². The fourth-order valence-corrected chi connectivity index (χ4v) is 3.00. The van der Waals surface area contributed by atoms with Crippen LogP contribution in [0, 0.1) is 25.2 Å². The monoisotopic (exact) mass is 360 g/mol. The summed E-state index contributed by atoms with van der Waals surface area (Å²) in [7, 11) is 1.32. The first-order valence-electron chi connectivity index (χ1n) is 8.49. The first-order valence-corrected chi connectivity index (χ1v) is 8.49. The number of hydrogen-bond donors (Lipinski definition) is 2. The summed E-state index contributed by atoms with van der Waals surface area (Å²) in [6.07, 6.45) is 1.10. The summed E-state index contributed by atoms with van der Waals surface area (Å²) in [4.78, 5) is 15.7.